The molecule has 104 valence electrons. The fourth-order valence-corrected chi connectivity index (χ4v) is 2.78. The fraction of sp³-hybridized carbons (Fsp3) is 0.588. The van der Waals surface area contributed by atoms with Gasteiger partial charge in [-0.1, -0.05) is 19.9 Å². The predicted octanol–water partition coefficient (Wildman–Crippen LogP) is 4.27. The van der Waals surface area contributed by atoms with Crippen LogP contribution in [0.15, 0.2) is 23.9 Å². The number of nitrogens with one attached hydrogen (secondary N) is 1. The lowest BCUT2D eigenvalue weighted by Gasteiger charge is -2.20. The van der Waals surface area contributed by atoms with Crippen LogP contribution in [0.4, 0.5) is 0 Å². The van der Waals surface area contributed by atoms with Crippen molar-refractivity contribution >= 4 is 0 Å². The quantitative estimate of drug-likeness (QED) is 0.824. The van der Waals surface area contributed by atoms with Crippen LogP contribution in [0.1, 0.15) is 68.3 Å². The van der Waals surface area contributed by atoms with Crippen molar-refractivity contribution in [3.63, 3.8) is 0 Å². The average molecular weight is 258 g/mol. The van der Waals surface area contributed by atoms with E-state index in [0.29, 0.717) is 5.92 Å². The number of pyridine rings is 1. The first-order valence-electron chi connectivity index (χ1n) is 7.55. The Balaban J connectivity index is 2.34. The molecule has 0 amide bonds. The second-order valence-corrected chi connectivity index (χ2v) is 5.52. The third-order valence-corrected chi connectivity index (χ3v) is 3.89. The summed E-state index contributed by atoms with van der Waals surface area (Å²) in [4.78, 5) is 4.70. The van der Waals surface area contributed by atoms with Crippen LogP contribution in [-0.4, -0.2) is 12.0 Å². The molecule has 1 fully saturated rings. The Bertz CT molecular complexity index is 458. The Morgan fingerprint density at radius 2 is 2.16 bits per heavy atom. The second kappa shape index (κ2) is 6.23. The molecule has 0 radical (unpaired) electrons. The lowest BCUT2D eigenvalue weighted by molar-refractivity contribution is 0.693. The van der Waals surface area contributed by atoms with Gasteiger partial charge in [0.2, 0.25) is 0 Å². The predicted molar refractivity (Wildman–Crippen MR) is 81.4 cm³/mol. The second-order valence-electron chi connectivity index (χ2n) is 5.52. The van der Waals surface area contributed by atoms with Gasteiger partial charge >= 0.3 is 0 Å². The molecule has 2 rings (SSSR count). The van der Waals surface area contributed by atoms with Gasteiger partial charge in [0.15, 0.2) is 0 Å². The molecule has 1 aliphatic rings. The van der Waals surface area contributed by atoms with Gasteiger partial charge in [-0.25, -0.2) is 0 Å². The van der Waals surface area contributed by atoms with Crippen LogP contribution in [0.2, 0.25) is 0 Å². The van der Waals surface area contributed by atoms with E-state index in [1.54, 1.807) is 0 Å². The number of aryl methyl sites for hydroxylation is 1. The Hall–Kier alpha value is -1.31. The first kappa shape index (κ1) is 14.1. The first-order chi connectivity index (χ1) is 9.19. The minimum atomic E-state index is 0.476. The molecule has 0 spiro atoms. The molecule has 1 aromatic rings. The lowest BCUT2D eigenvalue weighted by atomic mass is 9.91. The minimum Gasteiger partial charge on any atom is -0.391 e. The van der Waals surface area contributed by atoms with E-state index in [1.165, 1.54) is 29.8 Å². The molecule has 0 saturated heterocycles. The van der Waals surface area contributed by atoms with Gasteiger partial charge < -0.3 is 5.32 Å². The SMILES string of the molecule is CC/C=C(/NC)C(CC)c1cc(C)nc(C2CC2)c1. The molecule has 2 nitrogen and oxygen atoms in total. The summed E-state index contributed by atoms with van der Waals surface area (Å²) in [6, 6.07) is 4.58. The van der Waals surface area contributed by atoms with Gasteiger partial charge in [-0.15, -0.1) is 0 Å². The molecule has 1 atom stereocenters. The monoisotopic (exact) mass is 258 g/mol. The van der Waals surface area contributed by atoms with Gasteiger partial charge in [0.25, 0.3) is 0 Å². The molecular formula is C17H26N2. The van der Waals surface area contributed by atoms with Crippen molar-refractivity contribution in [2.45, 2.75) is 58.3 Å². The zero-order valence-corrected chi connectivity index (χ0v) is 12.7. The van der Waals surface area contributed by atoms with Crippen LogP contribution >= 0.6 is 0 Å². The van der Waals surface area contributed by atoms with Crippen molar-refractivity contribution in [1.82, 2.24) is 10.3 Å². The molecular weight excluding hydrogens is 232 g/mol. The van der Waals surface area contributed by atoms with Crippen LogP contribution in [0.3, 0.4) is 0 Å². The fourth-order valence-electron chi connectivity index (χ4n) is 2.78. The number of likely N-dealkylation sites (N-methyl/N-ethyl adjacent to an activating group) is 1. The molecule has 1 saturated carbocycles. The van der Waals surface area contributed by atoms with Crippen LogP contribution in [0, 0.1) is 6.92 Å². The van der Waals surface area contributed by atoms with Crippen LogP contribution in [0.25, 0.3) is 0 Å². The van der Waals surface area contributed by atoms with Crippen LogP contribution in [0.5, 0.6) is 0 Å². The van der Waals surface area contributed by atoms with Gasteiger partial charge in [-0.05, 0) is 50.3 Å². The third-order valence-electron chi connectivity index (χ3n) is 3.89. The summed E-state index contributed by atoms with van der Waals surface area (Å²) in [6.45, 7) is 6.57. The molecule has 19 heavy (non-hydrogen) atoms. The van der Waals surface area contributed by atoms with E-state index in [9.17, 15) is 0 Å². The van der Waals surface area contributed by atoms with Crippen molar-refractivity contribution in [1.29, 1.82) is 0 Å². The Morgan fingerprint density at radius 3 is 2.68 bits per heavy atom. The highest BCUT2D eigenvalue weighted by Gasteiger charge is 2.26. The molecule has 1 aliphatic carbocycles. The molecule has 0 aromatic carbocycles. The van der Waals surface area contributed by atoms with Gasteiger partial charge in [0.1, 0.15) is 0 Å². The highest BCUT2D eigenvalue weighted by Crippen LogP contribution is 2.40. The Morgan fingerprint density at radius 1 is 1.42 bits per heavy atom. The van der Waals surface area contributed by atoms with Crippen molar-refractivity contribution < 1.29 is 0 Å². The number of nitrogens with zero attached hydrogens (tertiary/aromatic N) is 1. The average Bonchev–Trinajstić information content (AvgIpc) is 3.22. The van der Waals surface area contributed by atoms with Crippen molar-refractivity contribution in [2.24, 2.45) is 0 Å². The number of hydrogen-bond donors (Lipinski definition) is 1. The summed E-state index contributed by atoms with van der Waals surface area (Å²) < 4.78 is 0. The molecule has 0 bridgehead atoms. The first-order valence-corrected chi connectivity index (χ1v) is 7.55. The zero-order valence-electron chi connectivity index (χ0n) is 12.7. The number of aromatic nitrogens is 1. The topological polar surface area (TPSA) is 24.9 Å². The Kier molecular flexibility index (Phi) is 4.62. The van der Waals surface area contributed by atoms with E-state index in [2.05, 4.69) is 44.3 Å². The van der Waals surface area contributed by atoms with E-state index >= 15 is 0 Å². The van der Waals surface area contributed by atoms with Crippen molar-refractivity contribution in [3.05, 3.63) is 40.9 Å². The maximum absolute atomic E-state index is 4.70. The number of hydrogen-bond acceptors (Lipinski definition) is 2. The molecule has 1 N–H and O–H groups in total. The van der Waals surface area contributed by atoms with E-state index < -0.39 is 0 Å². The van der Waals surface area contributed by atoms with Gasteiger partial charge in [-0.3, -0.25) is 4.98 Å². The molecule has 1 aromatic heterocycles. The highest BCUT2D eigenvalue weighted by atomic mass is 14.8. The standard InChI is InChI=1S/C17H26N2/c1-5-7-16(18-4)15(6-2)14-10-12(3)19-17(11-14)13-8-9-13/h7,10-11,13,15,18H,5-6,8-9H2,1-4H3/b16-7+. The van der Waals surface area contributed by atoms with Gasteiger partial charge in [0.05, 0.1) is 0 Å². The molecule has 0 aliphatic heterocycles. The van der Waals surface area contributed by atoms with Crippen molar-refractivity contribution in [3.8, 4) is 0 Å². The third kappa shape index (κ3) is 3.37. The maximum Gasteiger partial charge on any atom is 0.0440 e. The van der Waals surface area contributed by atoms with E-state index in [1.807, 2.05) is 7.05 Å². The largest absolute Gasteiger partial charge is 0.391 e. The van der Waals surface area contributed by atoms with Gasteiger partial charge in [0, 0.05) is 36.0 Å². The normalized spacial score (nSPS) is 17.4. The number of allylic oxidation sites excluding steroid dienone is 2. The summed E-state index contributed by atoms with van der Waals surface area (Å²) in [6.07, 6.45) is 7.14. The summed E-state index contributed by atoms with van der Waals surface area (Å²) >= 11 is 0. The maximum atomic E-state index is 4.70. The summed E-state index contributed by atoms with van der Waals surface area (Å²) in [5.41, 5.74) is 5.23. The lowest BCUT2D eigenvalue weighted by Crippen LogP contribution is -2.15. The van der Waals surface area contributed by atoms with E-state index in [0.717, 1.165) is 24.5 Å². The van der Waals surface area contributed by atoms with Crippen LogP contribution < -0.4 is 5.32 Å². The van der Waals surface area contributed by atoms with Gasteiger partial charge in [-0.2, -0.15) is 0 Å². The smallest absolute Gasteiger partial charge is 0.0440 e. The molecule has 2 heteroatoms. The number of rotatable bonds is 6. The van der Waals surface area contributed by atoms with E-state index in [-0.39, 0.29) is 0 Å². The minimum absolute atomic E-state index is 0.476. The molecule has 1 unspecified atom stereocenters. The van der Waals surface area contributed by atoms with Crippen molar-refractivity contribution in [2.75, 3.05) is 7.05 Å². The summed E-state index contributed by atoms with van der Waals surface area (Å²) in [5, 5.41) is 3.38. The molecule has 1 heterocycles. The van der Waals surface area contributed by atoms with Crippen LogP contribution in [-0.2, 0) is 0 Å². The zero-order chi connectivity index (χ0) is 13.8. The summed E-state index contributed by atoms with van der Waals surface area (Å²) in [5.74, 6) is 1.20. The summed E-state index contributed by atoms with van der Waals surface area (Å²) in [7, 11) is 2.03. The highest BCUT2D eigenvalue weighted by molar-refractivity contribution is 5.33. The Labute approximate surface area is 117 Å². The van der Waals surface area contributed by atoms with E-state index in [4.69, 9.17) is 4.98 Å².